The van der Waals surface area contributed by atoms with Crippen molar-refractivity contribution < 1.29 is 0 Å². The van der Waals surface area contributed by atoms with Gasteiger partial charge in [0.05, 0.1) is 12.4 Å². The van der Waals surface area contributed by atoms with Gasteiger partial charge in [0.2, 0.25) is 0 Å². The van der Waals surface area contributed by atoms with E-state index >= 15 is 0 Å². The van der Waals surface area contributed by atoms with Crippen LogP contribution in [0.5, 0.6) is 0 Å². The van der Waals surface area contributed by atoms with Crippen LogP contribution in [0, 0.1) is 0 Å². The third-order valence-corrected chi connectivity index (χ3v) is 2.73. The molecule has 2 rings (SSSR count). The van der Waals surface area contributed by atoms with Gasteiger partial charge in [0, 0.05) is 39.3 Å². The van der Waals surface area contributed by atoms with Crippen LogP contribution < -0.4 is 10.6 Å². The molecule has 0 atom stereocenters. The number of piperazine rings is 1. The molecular weight excluding hydrogens is 226 g/mol. The van der Waals surface area contributed by atoms with Crippen LogP contribution in [0.4, 0.5) is 5.82 Å². The van der Waals surface area contributed by atoms with Gasteiger partial charge in [0.1, 0.15) is 11.0 Å². The number of anilines is 1. The zero-order valence-corrected chi connectivity index (χ0v) is 9.87. The first kappa shape index (κ1) is 11.6. The lowest BCUT2D eigenvalue weighted by Gasteiger charge is -2.27. The Bertz CT molecular complexity index is 327. The van der Waals surface area contributed by atoms with Crippen molar-refractivity contribution >= 4 is 17.4 Å². The molecule has 88 valence electrons. The Morgan fingerprint density at radius 3 is 2.94 bits per heavy atom. The highest BCUT2D eigenvalue weighted by atomic mass is 35.5. The molecule has 2 N–H and O–H groups in total. The normalized spacial score (nSPS) is 17.3. The van der Waals surface area contributed by atoms with Gasteiger partial charge in [-0.1, -0.05) is 11.6 Å². The zero-order chi connectivity index (χ0) is 11.2. The summed E-state index contributed by atoms with van der Waals surface area (Å²) in [5, 5.41) is 6.96. The maximum atomic E-state index is 5.74. The zero-order valence-electron chi connectivity index (χ0n) is 9.12. The van der Waals surface area contributed by atoms with Crippen molar-refractivity contribution in [3.05, 3.63) is 17.5 Å². The van der Waals surface area contributed by atoms with Gasteiger partial charge >= 0.3 is 0 Å². The Labute approximate surface area is 100 Å². The molecule has 1 aromatic heterocycles. The molecule has 1 saturated heterocycles. The van der Waals surface area contributed by atoms with E-state index in [9.17, 15) is 0 Å². The fourth-order valence-electron chi connectivity index (χ4n) is 1.70. The highest BCUT2D eigenvalue weighted by Gasteiger charge is 2.08. The van der Waals surface area contributed by atoms with Crippen LogP contribution in [0.3, 0.4) is 0 Å². The first-order valence-electron chi connectivity index (χ1n) is 5.49. The van der Waals surface area contributed by atoms with Crippen LogP contribution in [-0.2, 0) is 0 Å². The van der Waals surface area contributed by atoms with Gasteiger partial charge in [-0.2, -0.15) is 0 Å². The lowest BCUT2D eigenvalue weighted by Crippen LogP contribution is -2.45. The Morgan fingerprint density at radius 1 is 1.38 bits per heavy atom. The van der Waals surface area contributed by atoms with Gasteiger partial charge in [-0.3, -0.25) is 9.88 Å². The van der Waals surface area contributed by atoms with E-state index in [1.165, 1.54) is 6.20 Å². The van der Waals surface area contributed by atoms with Crippen LogP contribution in [-0.4, -0.2) is 54.1 Å². The number of hydrogen-bond donors (Lipinski definition) is 2. The molecule has 0 aliphatic carbocycles. The van der Waals surface area contributed by atoms with E-state index in [0.29, 0.717) is 5.15 Å². The Hall–Kier alpha value is -0.910. The number of nitrogens with zero attached hydrogens (tertiary/aromatic N) is 3. The van der Waals surface area contributed by atoms with E-state index in [4.69, 9.17) is 11.6 Å². The molecule has 1 aliphatic heterocycles. The summed E-state index contributed by atoms with van der Waals surface area (Å²) in [4.78, 5) is 10.5. The molecule has 0 aromatic carbocycles. The maximum absolute atomic E-state index is 5.74. The molecule has 0 spiro atoms. The summed E-state index contributed by atoms with van der Waals surface area (Å²) >= 11 is 5.74. The molecule has 6 heteroatoms. The second-order valence-corrected chi connectivity index (χ2v) is 4.13. The van der Waals surface area contributed by atoms with Crippen LogP contribution in [0.2, 0.25) is 5.15 Å². The van der Waals surface area contributed by atoms with Crippen molar-refractivity contribution in [2.24, 2.45) is 0 Å². The minimum absolute atomic E-state index is 0.423. The van der Waals surface area contributed by atoms with E-state index in [-0.39, 0.29) is 0 Å². The Morgan fingerprint density at radius 2 is 2.19 bits per heavy atom. The first-order valence-corrected chi connectivity index (χ1v) is 5.87. The van der Waals surface area contributed by atoms with Crippen molar-refractivity contribution in [3.8, 4) is 0 Å². The average Bonchev–Trinajstić information content (AvgIpc) is 2.30. The summed E-state index contributed by atoms with van der Waals surface area (Å²) in [5.74, 6) is 0.739. The largest absolute Gasteiger partial charge is 0.367 e. The van der Waals surface area contributed by atoms with Gasteiger partial charge in [0.15, 0.2) is 0 Å². The fourth-order valence-corrected chi connectivity index (χ4v) is 1.85. The molecule has 0 amide bonds. The predicted molar refractivity (Wildman–Crippen MR) is 64.8 cm³/mol. The van der Waals surface area contributed by atoms with Crippen molar-refractivity contribution in [3.63, 3.8) is 0 Å². The molecule has 0 radical (unpaired) electrons. The van der Waals surface area contributed by atoms with E-state index in [2.05, 4.69) is 25.5 Å². The Balaban J connectivity index is 1.71. The molecule has 2 heterocycles. The predicted octanol–water partition coefficient (Wildman–Crippen LogP) is 0.447. The molecule has 1 fully saturated rings. The molecule has 5 nitrogen and oxygen atoms in total. The SMILES string of the molecule is Clc1cncc(NCCN2CCNCC2)n1. The molecule has 1 aliphatic rings. The fraction of sp³-hybridized carbons (Fsp3) is 0.600. The van der Waals surface area contributed by atoms with Gasteiger partial charge in [0.25, 0.3) is 0 Å². The Kier molecular flexibility index (Phi) is 4.33. The highest BCUT2D eigenvalue weighted by Crippen LogP contribution is 2.06. The van der Waals surface area contributed by atoms with Gasteiger partial charge < -0.3 is 10.6 Å². The summed E-state index contributed by atoms with van der Waals surface area (Å²) in [6.45, 7) is 6.28. The number of aromatic nitrogens is 2. The van der Waals surface area contributed by atoms with E-state index in [0.717, 1.165) is 45.1 Å². The lowest BCUT2D eigenvalue weighted by molar-refractivity contribution is 0.249. The van der Waals surface area contributed by atoms with Crippen molar-refractivity contribution in [2.75, 3.05) is 44.6 Å². The first-order chi connectivity index (χ1) is 7.84. The lowest BCUT2D eigenvalue weighted by atomic mass is 10.3. The monoisotopic (exact) mass is 241 g/mol. The van der Waals surface area contributed by atoms with Crippen molar-refractivity contribution in [1.29, 1.82) is 0 Å². The third-order valence-electron chi connectivity index (χ3n) is 2.55. The quantitative estimate of drug-likeness (QED) is 0.802. The highest BCUT2D eigenvalue weighted by molar-refractivity contribution is 6.29. The molecule has 16 heavy (non-hydrogen) atoms. The standard InChI is InChI=1S/C10H16ClN5/c11-9-7-13-8-10(15-9)14-3-6-16-4-1-12-2-5-16/h7-8,12H,1-6H2,(H,14,15). The number of hydrogen-bond acceptors (Lipinski definition) is 5. The number of halogens is 1. The van der Waals surface area contributed by atoms with E-state index in [1.807, 2.05) is 0 Å². The number of rotatable bonds is 4. The summed E-state index contributed by atoms with van der Waals surface area (Å²) < 4.78 is 0. The topological polar surface area (TPSA) is 53.1 Å². The summed E-state index contributed by atoms with van der Waals surface area (Å²) in [7, 11) is 0. The molecule has 0 bridgehead atoms. The summed E-state index contributed by atoms with van der Waals surface area (Å²) in [6, 6.07) is 0. The van der Waals surface area contributed by atoms with Crippen LogP contribution in [0.15, 0.2) is 12.4 Å². The van der Waals surface area contributed by atoms with Crippen molar-refractivity contribution in [1.82, 2.24) is 20.2 Å². The van der Waals surface area contributed by atoms with E-state index in [1.54, 1.807) is 6.20 Å². The van der Waals surface area contributed by atoms with Gasteiger partial charge in [-0.15, -0.1) is 0 Å². The van der Waals surface area contributed by atoms with Crippen LogP contribution in [0.25, 0.3) is 0 Å². The van der Waals surface area contributed by atoms with Crippen LogP contribution in [0.1, 0.15) is 0 Å². The molecular formula is C10H16ClN5. The van der Waals surface area contributed by atoms with Crippen LogP contribution >= 0.6 is 11.6 Å². The summed E-state index contributed by atoms with van der Waals surface area (Å²) in [6.07, 6.45) is 3.21. The minimum Gasteiger partial charge on any atom is -0.367 e. The minimum atomic E-state index is 0.423. The van der Waals surface area contributed by atoms with Gasteiger partial charge in [-0.05, 0) is 0 Å². The second-order valence-electron chi connectivity index (χ2n) is 3.75. The van der Waals surface area contributed by atoms with Gasteiger partial charge in [-0.25, -0.2) is 4.98 Å². The van der Waals surface area contributed by atoms with E-state index < -0.39 is 0 Å². The van der Waals surface area contributed by atoms with Crippen molar-refractivity contribution in [2.45, 2.75) is 0 Å². The number of nitrogens with one attached hydrogen (secondary N) is 2. The smallest absolute Gasteiger partial charge is 0.149 e. The second kappa shape index (κ2) is 5.98. The maximum Gasteiger partial charge on any atom is 0.149 e. The molecule has 0 saturated carbocycles. The third kappa shape index (κ3) is 3.59. The molecule has 1 aromatic rings. The summed E-state index contributed by atoms with van der Waals surface area (Å²) in [5.41, 5.74) is 0. The average molecular weight is 242 g/mol. The molecule has 0 unspecified atom stereocenters.